The zero-order chi connectivity index (χ0) is 27.2. The summed E-state index contributed by atoms with van der Waals surface area (Å²) < 4.78 is 28.9. The summed E-state index contributed by atoms with van der Waals surface area (Å²) in [4.78, 5) is 25.0. The van der Waals surface area contributed by atoms with Crippen LogP contribution in [0.5, 0.6) is 28.7 Å². The molecule has 0 amide bonds. The second-order valence-corrected chi connectivity index (χ2v) is 8.37. The van der Waals surface area contributed by atoms with Crippen LogP contribution in [0.3, 0.4) is 0 Å². The molecule has 1 aromatic heterocycles. The minimum Gasteiger partial charge on any atom is -0.497 e. The van der Waals surface area contributed by atoms with Crippen molar-refractivity contribution in [2.75, 3.05) is 35.5 Å². The molecule has 4 aromatic rings. The number of benzene rings is 3. The fourth-order valence-corrected chi connectivity index (χ4v) is 4.46. The van der Waals surface area contributed by atoms with E-state index in [4.69, 9.17) is 23.7 Å². The van der Waals surface area contributed by atoms with E-state index in [-0.39, 0.29) is 12.2 Å². The Balaban J connectivity index is 1.95. The molecule has 0 aliphatic heterocycles. The van der Waals surface area contributed by atoms with Crippen molar-refractivity contribution >= 4 is 12.1 Å². The van der Waals surface area contributed by atoms with Gasteiger partial charge in [-0.2, -0.15) is 0 Å². The molecule has 8 nitrogen and oxygen atoms in total. The third kappa shape index (κ3) is 5.06. The third-order valence-corrected chi connectivity index (χ3v) is 6.28. The van der Waals surface area contributed by atoms with Gasteiger partial charge >= 0.3 is 0 Å². The molecule has 0 spiro atoms. The zero-order valence-electron chi connectivity index (χ0n) is 21.9. The molecule has 0 saturated carbocycles. The summed E-state index contributed by atoms with van der Waals surface area (Å²) in [6.07, 6.45) is 2.22. The lowest BCUT2D eigenvalue weighted by atomic mass is 9.95. The predicted octanol–water partition coefficient (Wildman–Crippen LogP) is 5.30. The Morgan fingerprint density at radius 2 is 1.26 bits per heavy atom. The first-order valence-corrected chi connectivity index (χ1v) is 11.8. The molecule has 0 atom stereocenters. The van der Waals surface area contributed by atoms with Crippen molar-refractivity contribution in [3.8, 4) is 51.0 Å². The highest BCUT2D eigenvalue weighted by molar-refractivity contribution is 6.35. The quantitative estimate of drug-likeness (QED) is 0.152. The minimum atomic E-state index is -0.636. The van der Waals surface area contributed by atoms with Gasteiger partial charge in [0.2, 0.25) is 11.5 Å². The lowest BCUT2D eigenvalue weighted by Crippen LogP contribution is -2.12. The first-order chi connectivity index (χ1) is 18.5. The molecule has 0 aliphatic carbocycles. The third-order valence-electron chi connectivity index (χ3n) is 6.28. The van der Waals surface area contributed by atoms with Crippen molar-refractivity contribution in [2.45, 2.75) is 6.54 Å². The van der Waals surface area contributed by atoms with Crippen molar-refractivity contribution in [1.82, 2.24) is 4.57 Å². The van der Waals surface area contributed by atoms with Crippen LogP contribution in [0.4, 0.5) is 0 Å². The number of aromatic nitrogens is 1. The standard InChI is InChI=1S/C30H29NO7/c1-34-22-10-6-20(7-11-22)24-17-31(16-19-14-26(36-3)30(38-5)27(15-19)37-4)29(25(33)18-32)28(24)21-8-12-23(35-2)13-9-21/h6-15,17-18H,16H2,1-5H3. The van der Waals surface area contributed by atoms with Crippen LogP contribution in [-0.2, 0) is 11.3 Å². The van der Waals surface area contributed by atoms with E-state index in [9.17, 15) is 9.59 Å². The number of hydrogen-bond donors (Lipinski definition) is 0. The topological polar surface area (TPSA) is 85.2 Å². The summed E-state index contributed by atoms with van der Waals surface area (Å²) in [5.74, 6) is 2.20. The zero-order valence-corrected chi connectivity index (χ0v) is 21.9. The fraction of sp³-hybridized carbons (Fsp3) is 0.200. The van der Waals surface area contributed by atoms with Crippen molar-refractivity contribution in [3.05, 3.63) is 78.1 Å². The van der Waals surface area contributed by atoms with E-state index in [0.717, 1.165) is 22.3 Å². The lowest BCUT2D eigenvalue weighted by molar-refractivity contribution is -0.104. The summed E-state index contributed by atoms with van der Waals surface area (Å²) in [6.45, 7) is 0.269. The van der Waals surface area contributed by atoms with E-state index in [1.54, 1.807) is 33.0 Å². The summed E-state index contributed by atoms with van der Waals surface area (Å²) in [7, 11) is 7.82. The molecule has 0 saturated heterocycles. The van der Waals surface area contributed by atoms with Crippen molar-refractivity contribution < 1.29 is 33.3 Å². The summed E-state index contributed by atoms with van der Waals surface area (Å²) in [5.41, 5.74) is 4.12. The molecule has 0 radical (unpaired) electrons. The van der Waals surface area contributed by atoms with Crippen LogP contribution in [0.2, 0.25) is 0 Å². The van der Waals surface area contributed by atoms with Crippen LogP contribution in [0, 0.1) is 0 Å². The van der Waals surface area contributed by atoms with Gasteiger partial charge in [0, 0.05) is 23.9 Å². The number of carbonyl (C=O) groups excluding carboxylic acids is 2. The number of nitrogens with zero attached hydrogens (tertiary/aromatic N) is 1. The number of hydrogen-bond acceptors (Lipinski definition) is 7. The molecule has 8 heteroatoms. The second kappa shape index (κ2) is 11.6. The smallest absolute Gasteiger partial charge is 0.242 e. The van der Waals surface area contributed by atoms with E-state index in [0.29, 0.717) is 40.6 Å². The molecule has 0 bridgehead atoms. The molecule has 4 rings (SSSR count). The second-order valence-electron chi connectivity index (χ2n) is 8.37. The van der Waals surface area contributed by atoms with E-state index in [1.165, 1.54) is 7.11 Å². The van der Waals surface area contributed by atoms with Crippen molar-refractivity contribution in [3.63, 3.8) is 0 Å². The Hall–Kier alpha value is -4.72. The molecule has 0 unspecified atom stereocenters. The normalized spacial score (nSPS) is 10.6. The minimum absolute atomic E-state index is 0.268. The molecular formula is C30H29NO7. The van der Waals surface area contributed by atoms with E-state index in [1.807, 2.05) is 66.9 Å². The number of ether oxygens (including phenoxy) is 5. The SMILES string of the molecule is COc1ccc(-c2cn(Cc3cc(OC)c(OC)c(OC)c3)c(C(=O)C=O)c2-c2ccc(OC)cc2)cc1. The Labute approximate surface area is 221 Å². The van der Waals surface area contributed by atoms with Crippen molar-refractivity contribution in [1.29, 1.82) is 0 Å². The highest BCUT2D eigenvalue weighted by Gasteiger charge is 2.25. The largest absolute Gasteiger partial charge is 0.497 e. The van der Waals surface area contributed by atoms with Gasteiger partial charge in [0.25, 0.3) is 0 Å². The van der Waals surface area contributed by atoms with Gasteiger partial charge in [0.15, 0.2) is 17.8 Å². The van der Waals surface area contributed by atoms with Gasteiger partial charge in [-0.15, -0.1) is 0 Å². The van der Waals surface area contributed by atoms with Gasteiger partial charge in [0.05, 0.1) is 35.5 Å². The number of methoxy groups -OCH3 is 5. The molecule has 0 aliphatic rings. The summed E-state index contributed by atoms with van der Waals surface area (Å²) in [5, 5.41) is 0. The van der Waals surface area contributed by atoms with Gasteiger partial charge < -0.3 is 28.3 Å². The highest BCUT2D eigenvalue weighted by atomic mass is 16.5. The van der Waals surface area contributed by atoms with Gasteiger partial charge in [0.1, 0.15) is 17.2 Å². The van der Waals surface area contributed by atoms with E-state index >= 15 is 0 Å². The van der Waals surface area contributed by atoms with E-state index in [2.05, 4.69) is 0 Å². The van der Waals surface area contributed by atoms with Crippen LogP contribution in [-0.4, -0.2) is 52.2 Å². The Bertz CT molecular complexity index is 1410. The van der Waals surface area contributed by atoms with Crippen LogP contribution in [0.15, 0.2) is 66.9 Å². The first kappa shape index (κ1) is 26.3. The number of Topliss-reactive ketones (excluding diaryl/α,β-unsaturated/α-hetero) is 1. The van der Waals surface area contributed by atoms with Gasteiger partial charge in [-0.05, 0) is 53.1 Å². The van der Waals surface area contributed by atoms with Gasteiger partial charge in [-0.3, -0.25) is 9.59 Å². The monoisotopic (exact) mass is 515 g/mol. The Kier molecular flexibility index (Phi) is 8.01. The van der Waals surface area contributed by atoms with Crippen LogP contribution in [0.1, 0.15) is 16.1 Å². The number of rotatable bonds is 11. The Morgan fingerprint density at radius 1 is 0.737 bits per heavy atom. The lowest BCUT2D eigenvalue weighted by Gasteiger charge is -2.15. The summed E-state index contributed by atoms with van der Waals surface area (Å²) >= 11 is 0. The number of carbonyl (C=O) groups is 2. The van der Waals surface area contributed by atoms with Crippen LogP contribution < -0.4 is 23.7 Å². The van der Waals surface area contributed by atoms with Gasteiger partial charge in [-0.25, -0.2) is 0 Å². The van der Waals surface area contributed by atoms with Crippen LogP contribution in [0.25, 0.3) is 22.3 Å². The maximum absolute atomic E-state index is 13.1. The molecule has 1 heterocycles. The van der Waals surface area contributed by atoms with Gasteiger partial charge in [-0.1, -0.05) is 24.3 Å². The molecular weight excluding hydrogens is 486 g/mol. The molecule has 0 N–H and O–H groups in total. The maximum Gasteiger partial charge on any atom is 0.242 e. The van der Waals surface area contributed by atoms with Crippen molar-refractivity contribution in [2.24, 2.45) is 0 Å². The molecule has 196 valence electrons. The fourth-order valence-electron chi connectivity index (χ4n) is 4.46. The number of ketones is 1. The average Bonchev–Trinajstić information content (AvgIpc) is 3.34. The predicted molar refractivity (Wildman–Crippen MR) is 144 cm³/mol. The Morgan fingerprint density at radius 3 is 1.71 bits per heavy atom. The summed E-state index contributed by atoms with van der Waals surface area (Å²) in [6, 6.07) is 18.5. The molecule has 3 aromatic carbocycles. The van der Waals surface area contributed by atoms with E-state index < -0.39 is 5.78 Å². The molecule has 38 heavy (non-hydrogen) atoms. The first-order valence-electron chi connectivity index (χ1n) is 11.8. The molecule has 0 fully saturated rings. The maximum atomic E-state index is 13.1. The highest BCUT2D eigenvalue weighted by Crippen LogP contribution is 2.41. The van der Waals surface area contributed by atoms with Crippen LogP contribution >= 0.6 is 0 Å². The number of aldehydes is 1. The average molecular weight is 516 g/mol.